The molecule has 2 atom stereocenters. The number of nitrogens with zero attached hydrogens (tertiary/aromatic N) is 4. The first-order valence-electron chi connectivity index (χ1n) is 15.5. The van der Waals surface area contributed by atoms with Crippen molar-refractivity contribution in [2.45, 2.75) is 97.2 Å². The van der Waals surface area contributed by atoms with Crippen LogP contribution in [0.3, 0.4) is 0 Å². The van der Waals surface area contributed by atoms with Gasteiger partial charge in [-0.25, -0.2) is 9.48 Å². The van der Waals surface area contributed by atoms with E-state index in [0.717, 1.165) is 53.6 Å². The number of benzene rings is 2. The van der Waals surface area contributed by atoms with E-state index in [4.69, 9.17) is 14.2 Å². The number of carbonyl (C=O) groups is 1. The molecule has 0 N–H and O–H groups in total. The standard InChI is InChI=1S/C34H48N4O4Si/c1-24-17-29(13-14-38(24)33(39)42-34(2,3)4)36(5)28-10-12-31-30-11-9-25(18-26(30)22-41-32(31)19-28)27-20-35-37(21-27)23-40-15-16-43(6,7)8/h9-12,18-21,24,29H,13-17,22-23H2,1-8H3/t24-,29+/m0/s1. The highest BCUT2D eigenvalue weighted by Crippen LogP contribution is 2.41. The summed E-state index contributed by atoms with van der Waals surface area (Å²) in [6, 6.07) is 14.7. The van der Waals surface area contributed by atoms with Crippen LogP contribution in [0.5, 0.6) is 5.75 Å². The molecule has 3 heterocycles. The molecule has 2 aliphatic heterocycles. The normalized spacial score (nSPS) is 18.5. The smallest absolute Gasteiger partial charge is 0.410 e. The zero-order valence-electron chi connectivity index (χ0n) is 27.1. The second kappa shape index (κ2) is 12.4. The minimum atomic E-state index is -1.10. The lowest BCUT2D eigenvalue weighted by molar-refractivity contribution is 0.0105. The third-order valence-corrected chi connectivity index (χ3v) is 10.1. The van der Waals surface area contributed by atoms with Crippen molar-refractivity contribution >= 4 is 19.9 Å². The molecule has 1 fully saturated rings. The number of amides is 1. The van der Waals surface area contributed by atoms with E-state index in [1.807, 2.05) is 36.5 Å². The van der Waals surface area contributed by atoms with Crippen LogP contribution in [0.4, 0.5) is 10.5 Å². The van der Waals surface area contributed by atoms with Gasteiger partial charge in [0.1, 0.15) is 24.7 Å². The van der Waals surface area contributed by atoms with E-state index < -0.39 is 13.7 Å². The van der Waals surface area contributed by atoms with Gasteiger partial charge in [-0.15, -0.1) is 0 Å². The Kier molecular flexibility index (Phi) is 8.95. The van der Waals surface area contributed by atoms with Gasteiger partial charge in [-0.3, -0.25) is 0 Å². The van der Waals surface area contributed by atoms with Crippen molar-refractivity contribution in [3.05, 3.63) is 54.4 Å². The summed E-state index contributed by atoms with van der Waals surface area (Å²) in [5.41, 5.74) is 6.34. The number of ether oxygens (including phenoxy) is 3. The summed E-state index contributed by atoms with van der Waals surface area (Å²) in [5.74, 6) is 0.909. The molecule has 2 aliphatic rings. The molecule has 9 heteroatoms. The molecule has 0 radical (unpaired) electrons. The maximum absolute atomic E-state index is 12.7. The molecule has 232 valence electrons. The van der Waals surface area contributed by atoms with E-state index in [-0.39, 0.29) is 12.1 Å². The molecule has 3 aromatic rings. The molecule has 0 saturated carbocycles. The largest absolute Gasteiger partial charge is 0.488 e. The maximum atomic E-state index is 12.7. The number of hydrogen-bond acceptors (Lipinski definition) is 6. The molecule has 0 bridgehead atoms. The molecule has 8 nitrogen and oxygen atoms in total. The van der Waals surface area contributed by atoms with Crippen LogP contribution in [-0.4, -0.2) is 66.7 Å². The van der Waals surface area contributed by atoms with Crippen molar-refractivity contribution in [2.24, 2.45) is 0 Å². The van der Waals surface area contributed by atoms with Crippen LogP contribution in [0.2, 0.25) is 25.7 Å². The van der Waals surface area contributed by atoms with Crippen molar-refractivity contribution in [1.82, 2.24) is 14.7 Å². The molecule has 0 aliphatic carbocycles. The Hall–Kier alpha value is -3.30. The zero-order valence-corrected chi connectivity index (χ0v) is 28.1. The summed E-state index contributed by atoms with van der Waals surface area (Å²) in [7, 11) is 1.04. The predicted molar refractivity (Wildman–Crippen MR) is 175 cm³/mol. The molecule has 0 unspecified atom stereocenters. The molecule has 5 rings (SSSR count). The van der Waals surface area contributed by atoms with E-state index in [1.165, 1.54) is 11.1 Å². The summed E-state index contributed by atoms with van der Waals surface area (Å²) < 4.78 is 19.7. The van der Waals surface area contributed by atoms with Gasteiger partial charge in [0.15, 0.2) is 0 Å². The summed E-state index contributed by atoms with van der Waals surface area (Å²) >= 11 is 0. The molecule has 0 spiro atoms. The first-order valence-corrected chi connectivity index (χ1v) is 19.2. The van der Waals surface area contributed by atoms with Crippen LogP contribution < -0.4 is 9.64 Å². The van der Waals surface area contributed by atoms with Crippen LogP contribution in [0.15, 0.2) is 48.8 Å². The first-order chi connectivity index (χ1) is 20.3. The van der Waals surface area contributed by atoms with Crippen molar-refractivity contribution in [3.63, 3.8) is 0 Å². The molecule has 1 amide bonds. The molecular weight excluding hydrogens is 556 g/mol. The van der Waals surface area contributed by atoms with Gasteiger partial charge in [-0.1, -0.05) is 31.8 Å². The quantitative estimate of drug-likeness (QED) is 0.194. The van der Waals surface area contributed by atoms with E-state index in [9.17, 15) is 4.79 Å². The van der Waals surface area contributed by atoms with Gasteiger partial charge in [0, 0.05) is 69.4 Å². The number of piperidine rings is 1. The van der Waals surface area contributed by atoms with Crippen molar-refractivity contribution in [1.29, 1.82) is 0 Å². The Balaban J connectivity index is 1.23. The van der Waals surface area contributed by atoms with Crippen molar-refractivity contribution < 1.29 is 19.0 Å². The second-order valence-corrected chi connectivity index (χ2v) is 19.9. The molecule has 43 heavy (non-hydrogen) atoms. The average molecular weight is 605 g/mol. The summed E-state index contributed by atoms with van der Waals surface area (Å²) in [6.45, 7) is 17.4. The maximum Gasteiger partial charge on any atom is 0.410 e. The monoisotopic (exact) mass is 604 g/mol. The Labute approximate surface area is 257 Å². The van der Waals surface area contributed by atoms with E-state index in [1.54, 1.807) is 0 Å². The van der Waals surface area contributed by atoms with Crippen LogP contribution >= 0.6 is 0 Å². The minimum Gasteiger partial charge on any atom is -0.488 e. The summed E-state index contributed by atoms with van der Waals surface area (Å²) in [6.07, 6.45) is 5.52. The van der Waals surface area contributed by atoms with Gasteiger partial charge in [0.05, 0.1) is 6.20 Å². The minimum absolute atomic E-state index is 0.112. The number of carbonyl (C=O) groups excluding carboxylic acids is 1. The Morgan fingerprint density at radius 2 is 1.88 bits per heavy atom. The van der Waals surface area contributed by atoms with Crippen LogP contribution in [-0.2, 0) is 22.8 Å². The van der Waals surface area contributed by atoms with Gasteiger partial charge in [-0.2, -0.15) is 5.10 Å². The Morgan fingerprint density at radius 3 is 2.60 bits per heavy atom. The van der Waals surface area contributed by atoms with E-state index in [0.29, 0.717) is 25.9 Å². The highest BCUT2D eigenvalue weighted by Gasteiger charge is 2.33. The molecule has 2 aromatic carbocycles. The fourth-order valence-corrected chi connectivity index (χ4v) is 6.56. The van der Waals surface area contributed by atoms with Crippen LogP contribution in [0.1, 0.15) is 46.1 Å². The second-order valence-electron chi connectivity index (χ2n) is 14.3. The van der Waals surface area contributed by atoms with Crippen molar-refractivity contribution in [3.8, 4) is 28.0 Å². The van der Waals surface area contributed by atoms with Gasteiger partial charge < -0.3 is 24.0 Å². The lowest BCUT2D eigenvalue weighted by Crippen LogP contribution is -2.51. The SMILES string of the molecule is C[C@H]1C[C@H](N(C)c2ccc3c(c2)OCc2cc(-c4cnn(COCC[Si](C)(C)C)c4)ccc2-3)CCN1C(=O)OC(C)(C)C. The van der Waals surface area contributed by atoms with Crippen LogP contribution in [0, 0.1) is 0 Å². The molecule has 1 aromatic heterocycles. The first kappa shape index (κ1) is 31.1. The van der Waals surface area contributed by atoms with Gasteiger partial charge >= 0.3 is 6.09 Å². The molecule has 1 saturated heterocycles. The van der Waals surface area contributed by atoms with Gasteiger partial charge in [0.25, 0.3) is 0 Å². The fourth-order valence-electron chi connectivity index (χ4n) is 5.80. The number of anilines is 1. The predicted octanol–water partition coefficient (Wildman–Crippen LogP) is 7.65. The summed E-state index contributed by atoms with van der Waals surface area (Å²) in [5, 5.41) is 4.51. The topological polar surface area (TPSA) is 69.1 Å². The number of fused-ring (bicyclic) bond motifs is 3. The molecular formula is C34H48N4O4Si. The lowest BCUT2D eigenvalue weighted by atomic mass is 9.93. The highest BCUT2D eigenvalue weighted by atomic mass is 28.3. The summed E-state index contributed by atoms with van der Waals surface area (Å²) in [4.78, 5) is 16.9. The number of rotatable bonds is 8. The Morgan fingerprint density at radius 1 is 1.12 bits per heavy atom. The number of likely N-dealkylation sites (tertiary alicyclic amines) is 1. The highest BCUT2D eigenvalue weighted by molar-refractivity contribution is 6.76. The third kappa shape index (κ3) is 7.62. The van der Waals surface area contributed by atoms with E-state index >= 15 is 0 Å². The third-order valence-electron chi connectivity index (χ3n) is 8.36. The van der Waals surface area contributed by atoms with Crippen LogP contribution in [0.25, 0.3) is 22.3 Å². The zero-order chi connectivity index (χ0) is 30.9. The Bertz CT molecular complexity index is 1440. The van der Waals surface area contributed by atoms with Gasteiger partial charge in [0.2, 0.25) is 0 Å². The van der Waals surface area contributed by atoms with Crippen molar-refractivity contribution in [2.75, 3.05) is 25.1 Å². The van der Waals surface area contributed by atoms with E-state index in [2.05, 4.69) is 86.2 Å². The fraction of sp³-hybridized carbons (Fsp3) is 0.529. The van der Waals surface area contributed by atoms with Gasteiger partial charge in [-0.05, 0) is 81.5 Å². The number of hydrogen-bond donors (Lipinski definition) is 0. The lowest BCUT2D eigenvalue weighted by Gasteiger charge is -2.42. The number of aromatic nitrogens is 2. The average Bonchev–Trinajstić information content (AvgIpc) is 3.41.